The first-order valence-corrected chi connectivity index (χ1v) is 8.69. The molecule has 19 heavy (non-hydrogen) atoms. The lowest BCUT2D eigenvalue weighted by atomic mass is 10.2. The Hall–Kier alpha value is -0.590. The molecular formula is C13H21BrN2O2S. The van der Waals surface area contributed by atoms with Gasteiger partial charge >= 0.3 is 0 Å². The van der Waals surface area contributed by atoms with Crippen molar-refractivity contribution in [2.24, 2.45) is 0 Å². The van der Waals surface area contributed by atoms with Gasteiger partial charge in [-0.1, -0.05) is 13.0 Å². The second kappa shape index (κ2) is 7.26. The maximum absolute atomic E-state index is 12.2. The van der Waals surface area contributed by atoms with Crippen molar-refractivity contribution in [2.45, 2.75) is 32.4 Å². The maximum atomic E-state index is 12.2. The first-order valence-electron chi connectivity index (χ1n) is 6.35. The van der Waals surface area contributed by atoms with E-state index in [1.165, 1.54) is 0 Å². The predicted octanol–water partition coefficient (Wildman–Crippen LogP) is 2.89. The van der Waals surface area contributed by atoms with E-state index < -0.39 is 15.3 Å². The Morgan fingerprint density at radius 3 is 2.63 bits per heavy atom. The van der Waals surface area contributed by atoms with Gasteiger partial charge in [0.1, 0.15) is 0 Å². The van der Waals surface area contributed by atoms with Gasteiger partial charge in [0.2, 0.25) is 10.0 Å². The van der Waals surface area contributed by atoms with Gasteiger partial charge in [-0.15, -0.1) is 0 Å². The van der Waals surface area contributed by atoms with Crippen molar-refractivity contribution < 1.29 is 8.42 Å². The molecule has 0 aliphatic heterocycles. The molecule has 0 saturated carbocycles. The van der Waals surface area contributed by atoms with Crippen LogP contribution < -0.4 is 10.0 Å². The molecule has 1 unspecified atom stereocenters. The minimum atomic E-state index is -3.37. The van der Waals surface area contributed by atoms with Crippen LogP contribution >= 0.6 is 15.9 Å². The smallest absolute Gasteiger partial charge is 0.236 e. The maximum Gasteiger partial charge on any atom is 0.236 e. The van der Waals surface area contributed by atoms with Crippen molar-refractivity contribution in [1.29, 1.82) is 0 Å². The Kier molecular flexibility index (Phi) is 6.29. The molecule has 1 atom stereocenters. The zero-order valence-corrected chi connectivity index (χ0v) is 13.9. The highest BCUT2D eigenvalue weighted by Gasteiger charge is 2.21. The molecule has 4 nitrogen and oxygen atoms in total. The monoisotopic (exact) mass is 348 g/mol. The molecular weight excluding hydrogens is 328 g/mol. The number of nitrogens with one attached hydrogen (secondary N) is 2. The summed E-state index contributed by atoms with van der Waals surface area (Å²) in [6.07, 6.45) is 0.990. The molecule has 0 aromatic heterocycles. The van der Waals surface area contributed by atoms with Crippen LogP contribution in [0.2, 0.25) is 0 Å². The fourth-order valence-corrected chi connectivity index (χ4v) is 3.30. The van der Waals surface area contributed by atoms with Crippen molar-refractivity contribution in [2.75, 3.05) is 17.8 Å². The summed E-state index contributed by atoms with van der Waals surface area (Å²) in [6.45, 7) is 6.99. The molecule has 1 aromatic carbocycles. The van der Waals surface area contributed by atoms with Crippen molar-refractivity contribution >= 4 is 31.6 Å². The van der Waals surface area contributed by atoms with Crippen LogP contribution in [0.4, 0.5) is 5.69 Å². The van der Waals surface area contributed by atoms with Gasteiger partial charge in [-0.05, 0) is 60.4 Å². The van der Waals surface area contributed by atoms with Gasteiger partial charge in [0.05, 0.1) is 10.9 Å². The fraction of sp³-hybridized carbons (Fsp3) is 0.538. The highest BCUT2D eigenvalue weighted by atomic mass is 79.9. The Balaban J connectivity index is 2.73. The summed E-state index contributed by atoms with van der Waals surface area (Å²) in [5, 5.41) is 2.64. The van der Waals surface area contributed by atoms with Gasteiger partial charge in [-0.2, -0.15) is 0 Å². The average Bonchev–Trinajstić information content (AvgIpc) is 2.33. The number of sulfonamides is 1. The number of hydrogen-bond donors (Lipinski definition) is 2. The quantitative estimate of drug-likeness (QED) is 0.745. The summed E-state index contributed by atoms with van der Waals surface area (Å²) in [4.78, 5) is 0. The minimum absolute atomic E-state index is 0.451. The predicted molar refractivity (Wildman–Crippen MR) is 84.0 cm³/mol. The topological polar surface area (TPSA) is 58.2 Å². The molecule has 0 amide bonds. The Morgan fingerprint density at radius 2 is 2.05 bits per heavy atom. The average molecular weight is 349 g/mol. The van der Waals surface area contributed by atoms with Gasteiger partial charge in [-0.25, -0.2) is 8.42 Å². The molecule has 0 spiro atoms. The summed E-state index contributed by atoms with van der Waals surface area (Å²) in [5.74, 6) is 0. The highest BCUT2D eigenvalue weighted by molar-refractivity contribution is 9.10. The number of halogens is 1. The first-order chi connectivity index (χ1) is 8.86. The molecule has 0 aliphatic rings. The standard InChI is InChI=1S/C13H21BrN2O2S/c1-4-7-15-9-11(3)19(17,18)16-13-6-5-10(2)8-12(13)14/h5-6,8,11,15-16H,4,7,9H2,1-3H3. The molecule has 1 aromatic rings. The van der Waals surface area contributed by atoms with E-state index in [0.717, 1.165) is 23.0 Å². The van der Waals surface area contributed by atoms with E-state index in [4.69, 9.17) is 0 Å². The summed E-state index contributed by atoms with van der Waals surface area (Å²) >= 11 is 3.37. The number of anilines is 1. The van der Waals surface area contributed by atoms with E-state index in [0.29, 0.717) is 12.2 Å². The van der Waals surface area contributed by atoms with E-state index in [1.54, 1.807) is 13.0 Å². The van der Waals surface area contributed by atoms with Crippen LogP contribution in [0.3, 0.4) is 0 Å². The molecule has 0 radical (unpaired) electrons. The number of hydrogen-bond acceptors (Lipinski definition) is 3. The lowest BCUT2D eigenvalue weighted by Gasteiger charge is -2.16. The van der Waals surface area contributed by atoms with Gasteiger partial charge in [0.25, 0.3) is 0 Å². The second-order valence-corrected chi connectivity index (χ2v) is 7.60. The molecule has 1 rings (SSSR count). The molecule has 0 heterocycles. The van der Waals surface area contributed by atoms with Crippen LogP contribution in [0.25, 0.3) is 0 Å². The van der Waals surface area contributed by atoms with Crippen molar-refractivity contribution in [3.8, 4) is 0 Å². The zero-order chi connectivity index (χ0) is 14.5. The van der Waals surface area contributed by atoms with Gasteiger partial charge < -0.3 is 5.32 Å². The number of rotatable bonds is 7. The van der Waals surface area contributed by atoms with Crippen LogP contribution in [0, 0.1) is 6.92 Å². The van der Waals surface area contributed by atoms with E-state index in [-0.39, 0.29) is 0 Å². The first kappa shape index (κ1) is 16.5. The van der Waals surface area contributed by atoms with Gasteiger partial charge in [0, 0.05) is 11.0 Å². The largest absolute Gasteiger partial charge is 0.315 e. The van der Waals surface area contributed by atoms with E-state index in [1.807, 2.05) is 26.0 Å². The van der Waals surface area contributed by atoms with E-state index in [9.17, 15) is 8.42 Å². The van der Waals surface area contributed by atoms with E-state index in [2.05, 4.69) is 26.0 Å². The van der Waals surface area contributed by atoms with Crippen molar-refractivity contribution in [1.82, 2.24) is 5.32 Å². The Labute approximate surface area is 124 Å². The van der Waals surface area contributed by atoms with Crippen LogP contribution in [0.1, 0.15) is 25.8 Å². The summed E-state index contributed by atoms with van der Waals surface area (Å²) in [6, 6.07) is 5.53. The second-order valence-electron chi connectivity index (χ2n) is 4.65. The van der Waals surface area contributed by atoms with Gasteiger partial charge in [-0.3, -0.25) is 4.72 Å². The molecule has 6 heteroatoms. The highest BCUT2D eigenvalue weighted by Crippen LogP contribution is 2.25. The van der Waals surface area contributed by atoms with Crippen molar-refractivity contribution in [3.63, 3.8) is 0 Å². The van der Waals surface area contributed by atoms with E-state index >= 15 is 0 Å². The van der Waals surface area contributed by atoms with Crippen LogP contribution in [0.5, 0.6) is 0 Å². The van der Waals surface area contributed by atoms with Crippen LogP contribution in [-0.2, 0) is 10.0 Å². The normalized spacial score (nSPS) is 13.3. The molecule has 2 N–H and O–H groups in total. The number of benzene rings is 1. The third-order valence-electron chi connectivity index (χ3n) is 2.77. The molecule has 0 aliphatic carbocycles. The van der Waals surface area contributed by atoms with Crippen LogP contribution in [0.15, 0.2) is 22.7 Å². The SMILES string of the molecule is CCCNCC(C)S(=O)(=O)Nc1ccc(C)cc1Br. The Morgan fingerprint density at radius 1 is 1.37 bits per heavy atom. The Bertz CT molecular complexity index is 517. The molecule has 0 fully saturated rings. The summed E-state index contributed by atoms with van der Waals surface area (Å²) < 4.78 is 27.7. The summed E-state index contributed by atoms with van der Waals surface area (Å²) in [5.41, 5.74) is 1.65. The third-order valence-corrected chi connectivity index (χ3v) is 5.15. The number of aryl methyl sites for hydroxylation is 1. The molecule has 0 saturated heterocycles. The zero-order valence-electron chi connectivity index (χ0n) is 11.5. The van der Waals surface area contributed by atoms with Gasteiger partial charge in [0.15, 0.2) is 0 Å². The summed E-state index contributed by atoms with van der Waals surface area (Å²) in [7, 11) is -3.37. The lowest BCUT2D eigenvalue weighted by Crippen LogP contribution is -2.35. The van der Waals surface area contributed by atoms with Crippen molar-refractivity contribution in [3.05, 3.63) is 28.2 Å². The fourth-order valence-electron chi connectivity index (χ4n) is 1.55. The third kappa shape index (κ3) is 5.12. The van der Waals surface area contributed by atoms with Crippen LogP contribution in [-0.4, -0.2) is 26.8 Å². The molecule has 108 valence electrons. The molecule has 0 bridgehead atoms. The lowest BCUT2D eigenvalue weighted by molar-refractivity contribution is 0.576. The minimum Gasteiger partial charge on any atom is -0.315 e.